The van der Waals surface area contributed by atoms with Crippen LogP contribution in [0.2, 0.25) is 0 Å². The Morgan fingerprint density at radius 2 is 1.82 bits per heavy atom. The Morgan fingerprint density at radius 1 is 1.00 bits per heavy atom. The van der Waals surface area contributed by atoms with E-state index in [-0.39, 0.29) is 0 Å². The number of anilines is 1. The largest absolute Gasteiger partial charge is 0.398 e. The number of rotatable bonds is 2. The number of fused-ring (bicyclic) bond motifs is 1. The van der Waals surface area contributed by atoms with Gasteiger partial charge >= 0.3 is 0 Å². The van der Waals surface area contributed by atoms with Gasteiger partial charge in [0.2, 0.25) is 0 Å². The molecule has 4 heteroatoms. The molecule has 2 heterocycles. The molecular weight excluding hydrogens is 212 g/mol. The zero-order chi connectivity index (χ0) is 11.7. The molecule has 0 atom stereocenters. The minimum Gasteiger partial charge on any atom is -0.398 e. The van der Waals surface area contributed by atoms with E-state index in [4.69, 9.17) is 5.73 Å². The Morgan fingerprint density at radius 3 is 2.65 bits per heavy atom. The second kappa shape index (κ2) is 3.90. The van der Waals surface area contributed by atoms with E-state index in [0.29, 0.717) is 5.69 Å². The summed E-state index contributed by atoms with van der Waals surface area (Å²) in [6.07, 6.45) is 2.61. The highest BCUT2D eigenvalue weighted by atomic mass is 15.2. The van der Waals surface area contributed by atoms with Gasteiger partial charge in [0.15, 0.2) is 5.65 Å². The Balaban J connectivity index is 2.03. The van der Waals surface area contributed by atoms with E-state index >= 15 is 0 Å². The van der Waals surface area contributed by atoms with Crippen LogP contribution in [0, 0.1) is 0 Å². The summed E-state index contributed by atoms with van der Waals surface area (Å²) in [5, 5.41) is 8.30. The summed E-state index contributed by atoms with van der Waals surface area (Å²) in [7, 11) is 0. The van der Waals surface area contributed by atoms with E-state index in [9.17, 15) is 0 Å². The number of aromatic nitrogens is 3. The van der Waals surface area contributed by atoms with Crippen LogP contribution in [0.1, 0.15) is 11.4 Å². The molecule has 0 aliphatic heterocycles. The van der Waals surface area contributed by atoms with Gasteiger partial charge in [0.05, 0.1) is 0 Å². The molecule has 1 aromatic carbocycles. The average molecular weight is 224 g/mol. The number of hydrogen-bond donors (Lipinski definition) is 1. The fraction of sp³-hybridized carbons (Fsp3) is 0.0769. The van der Waals surface area contributed by atoms with E-state index in [0.717, 1.165) is 17.9 Å². The highest BCUT2D eigenvalue weighted by Gasteiger charge is 2.05. The van der Waals surface area contributed by atoms with Crippen LogP contribution in [0.5, 0.6) is 0 Å². The van der Waals surface area contributed by atoms with Crippen molar-refractivity contribution in [3.05, 3.63) is 60.0 Å². The van der Waals surface area contributed by atoms with E-state index in [1.165, 1.54) is 5.56 Å². The maximum absolute atomic E-state index is 5.77. The summed E-state index contributed by atoms with van der Waals surface area (Å²) < 4.78 is 1.93. The average Bonchev–Trinajstić information content (AvgIpc) is 2.73. The number of hydrogen-bond acceptors (Lipinski definition) is 3. The van der Waals surface area contributed by atoms with Crippen LogP contribution in [0.25, 0.3) is 5.65 Å². The van der Waals surface area contributed by atoms with Crippen molar-refractivity contribution in [3.8, 4) is 0 Å². The number of nitrogens with two attached hydrogens (primary N) is 1. The zero-order valence-corrected chi connectivity index (χ0v) is 9.24. The Kier molecular flexibility index (Phi) is 2.26. The van der Waals surface area contributed by atoms with Crippen molar-refractivity contribution >= 4 is 11.3 Å². The molecule has 3 aromatic rings. The lowest BCUT2D eigenvalue weighted by Gasteiger charge is -2.01. The summed E-state index contributed by atoms with van der Waals surface area (Å²) in [5.74, 6) is 0.901. The van der Waals surface area contributed by atoms with Crippen molar-refractivity contribution in [1.82, 2.24) is 14.6 Å². The molecule has 0 saturated heterocycles. The minimum absolute atomic E-state index is 0.714. The molecule has 17 heavy (non-hydrogen) atoms. The molecule has 4 nitrogen and oxygen atoms in total. The Labute approximate surface area is 98.7 Å². The van der Waals surface area contributed by atoms with Crippen LogP contribution in [0.3, 0.4) is 0 Å². The summed E-state index contributed by atoms with van der Waals surface area (Å²) in [6.45, 7) is 0. The predicted octanol–water partition coefficient (Wildman–Crippen LogP) is 1.90. The molecule has 0 unspecified atom stereocenters. The van der Waals surface area contributed by atoms with Crippen LogP contribution >= 0.6 is 0 Å². The lowest BCUT2D eigenvalue weighted by molar-refractivity contribution is 0.935. The van der Waals surface area contributed by atoms with E-state index in [2.05, 4.69) is 22.3 Å². The maximum atomic E-state index is 5.77. The molecule has 2 N–H and O–H groups in total. The van der Waals surface area contributed by atoms with Gasteiger partial charge in [-0.3, -0.25) is 4.40 Å². The van der Waals surface area contributed by atoms with E-state index < -0.39 is 0 Å². The van der Waals surface area contributed by atoms with Crippen LogP contribution < -0.4 is 5.73 Å². The van der Waals surface area contributed by atoms with E-state index in [1.807, 2.05) is 40.9 Å². The Hall–Kier alpha value is -2.36. The smallest absolute Gasteiger partial charge is 0.160 e. The fourth-order valence-electron chi connectivity index (χ4n) is 1.85. The highest BCUT2D eigenvalue weighted by molar-refractivity contribution is 5.47. The molecule has 3 rings (SSSR count). The van der Waals surface area contributed by atoms with Gasteiger partial charge in [-0.2, -0.15) is 0 Å². The maximum Gasteiger partial charge on any atom is 0.160 e. The standard InChI is InChI=1S/C13H12N4/c14-11-6-7-12-15-16-13(17(12)9-11)8-10-4-2-1-3-5-10/h1-7,9H,8,14H2. The molecule has 0 aliphatic carbocycles. The van der Waals surface area contributed by atoms with Crippen molar-refractivity contribution in [2.24, 2.45) is 0 Å². The molecule has 0 radical (unpaired) electrons. The number of pyridine rings is 1. The molecule has 0 spiro atoms. The van der Waals surface area contributed by atoms with Gasteiger partial charge in [0.25, 0.3) is 0 Å². The quantitative estimate of drug-likeness (QED) is 0.723. The first-order valence-electron chi connectivity index (χ1n) is 5.46. The van der Waals surface area contributed by atoms with Crippen molar-refractivity contribution in [1.29, 1.82) is 0 Å². The number of nitrogens with zero attached hydrogens (tertiary/aromatic N) is 3. The fourth-order valence-corrected chi connectivity index (χ4v) is 1.85. The van der Waals surface area contributed by atoms with Crippen LogP contribution in [-0.4, -0.2) is 14.6 Å². The van der Waals surface area contributed by atoms with Crippen molar-refractivity contribution in [2.75, 3.05) is 5.73 Å². The lowest BCUT2D eigenvalue weighted by atomic mass is 10.1. The predicted molar refractivity (Wildman–Crippen MR) is 66.6 cm³/mol. The summed E-state index contributed by atoms with van der Waals surface area (Å²) >= 11 is 0. The van der Waals surface area contributed by atoms with E-state index in [1.54, 1.807) is 0 Å². The SMILES string of the molecule is Nc1ccc2nnc(Cc3ccccc3)n2c1. The van der Waals surface area contributed by atoms with Gasteiger partial charge in [-0.25, -0.2) is 0 Å². The van der Waals surface area contributed by atoms with Crippen molar-refractivity contribution in [2.45, 2.75) is 6.42 Å². The Bertz CT molecular complexity index is 643. The first-order chi connectivity index (χ1) is 8.33. The molecule has 0 amide bonds. The van der Waals surface area contributed by atoms with Gasteiger partial charge in [-0.05, 0) is 17.7 Å². The molecular formula is C13H12N4. The minimum atomic E-state index is 0.714. The van der Waals surface area contributed by atoms with Gasteiger partial charge in [-0.1, -0.05) is 30.3 Å². The first-order valence-corrected chi connectivity index (χ1v) is 5.46. The van der Waals surface area contributed by atoms with Crippen LogP contribution in [-0.2, 0) is 6.42 Å². The third-order valence-corrected chi connectivity index (χ3v) is 2.70. The molecule has 84 valence electrons. The van der Waals surface area contributed by atoms with Gasteiger partial charge in [0.1, 0.15) is 5.82 Å². The monoisotopic (exact) mass is 224 g/mol. The topological polar surface area (TPSA) is 56.2 Å². The van der Waals surface area contributed by atoms with Crippen LogP contribution in [0.15, 0.2) is 48.7 Å². The summed E-state index contributed by atoms with van der Waals surface area (Å²) in [6, 6.07) is 13.9. The second-order valence-electron chi connectivity index (χ2n) is 3.97. The zero-order valence-electron chi connectivity index (χ0n) is 9.24. The van der Waals surface area contributed by atoms with Crippen LogP contribution in [0.4, 0.5) is 5.69 Å². The van der Waals surface area contributed by atoms with Crippen molar-refractivity contribution < 1.29 is 0 Å². The molecule has 0 saturated carbocycles. The van der Waals surface area contributed by atoms with Gasteiger partial charge < -0.3 is 5.73 Å². The van der Waals surface area contributed by atoms with Crippen molar-refractivity contribution in [3.63, 3.8) is 0 Å². The second-order valence-corrected chi connectivity index (χ2v) is 3.97. The van der Waals surface area contributed by atoms with Gasteiger partial charge in [0, 0.05) is 18.3 Å². The lowest BCUT2D eigenvalue weighted by Crippen LogP contribution is -1.97. The van der Waals surface area contributed by atoms with Gasteiger partial charge in [-0.15, -0.1) is 10.2 Å². The molecule has 2 aromatic heterocycles. The molecule has 0 bridgehead atoms. The molecule has 0 fully saturated rings. The normalized spacial score (nSPS) is 10.8. The first kappa shape index (κ1) is 9.84. The third kappa shape index (κ3) is 1.85. The molecule has 0 aliphatic rings. The summed E-state index contributed by atoms with van der Waals surface area (Å²) in [4.78, 5) is 0. The summed E-state index contributed by atoms with van der Waals surface area (Å²) in [5.41, 5.74) is 8.52. The third-order valence-electron chi connectivity index (χ3n) is 2.70. The number of benzene rings is 1. The number of nitrogen functional groups attached to an aromatic ring is 1. The highest BCUT2D eigenvalue weighted by Crippen LogP contribution is 2.11.